The molecule has 4 nitrogen and oxygen atoms in total. The minimum atomic E-state index is -0.281. The average molecular weight is 410 g/mol. The zero-order chi connectivity index (χ0) is 21.3. The third-order valence-corrected chi connectivity index (χ3v) is 6.90. The molecule has 1 saturated carbocycles. The van der Waals surface area contributed by atoms with E-state index >= 15 is 0 Å². The number of pyridine rings is 1. The van der Waals surface area contributed by atoms with Crippen LogP contribution in [-0.2, 0) is 15.9 Å². The van der Waals surface area contributed by atoms with Gasteiger partial charge in [-0.2, -0.15) is 0 Å². The summed E-state index contributed by atoms with van der Waals surface area (Å²) in [5, 5.41) is 0. The smallest absolute Gasteiger partial charge is 0.168 e. The monoisotopic (exact) mass is 409 g/mol. The standard InChI is InChI=1S/C26H35NO3/c1-17(2)24-23(25(28-5)18(3)19(4)27-24)16-20-6-8-21(9-7-20)22-10-12-26(13-11-22)29-14-15-30-26/h6-9,17,22H,10-16H2,1-5H3. The van der Waals surface area contributed by atoms with Crippen molar-refractivity contribution in [3.05, 3.63) is 57.9 Å². The Morgan fingerprint density at radius 1 is 1.07 bits per heavy atom. The van der Waals surface area contributed by atoms with Gasteiger partial charge in [0, 0.05) is 36.1 Å². The van der Waals surface area contributed by atoms with Crippen molar-refractivity contribution in [3.8, 4) is 5.75 Å². The zero-order valence-corrected chi connectivity index (χ0v) is 19.1. The fourth-order valence-corrected chi connectivity index (χ4v) is 5.05. The highest BCUT2D eigenvalue weighted by molar-refractivity contribution is 5.48. The molecule has 1 aromatic carbocycles. The molecule has 2 heterocycles. The maximum Gasteiger partial charge on any atom is 0.168 e. The SMILES string of the molecule is COc1c(C)c(C)nc(C(C)C)c1Cc1ccc(C2CCC3(CC2)OCCO3)cc1. The van der Waals surface area contributed by atoms with Gasteiger partial charge < -0.3 is 14.2 Å². The van der Waals surface area contributed by atoms with Crippen molar-refractivity contribution >= 4 is 0 Å². The van der Waals surface area contributed by atoms with E-state index in [0.717, 1.165) is 68.0 Å². The minimum Gasteiger partial charge on any atom is -0.496 e. The van der Waals surface area contributed by atoms with Gasteiger partial charge in [0.05, 0.1) is 26.0 Å². The van der Waals surface area contributed by atoms with Crippen molar-refractivity contribution in [2.24, 2.45) is 0 Å². The lowest BCUT2D eigenvalue weighted by Crippen LogP contribution is -2.34. The summed E-state index contributed by atoms with van der Waals surface area (Å²) in [4.78, 5) is 4.90. The van der Waals surface area contributed by atoms with Gasteiger partial charge in [0.2, 0.25) is 0 Å². The van der Waals surface area contributed by atoms with Crippen LogP contribution in [0.25, 0.3) is 0 Å². The number of hydrogen-bond acceptors (Lipinski definition) is 4. The molecule has 1 aliphatic heterocycles. The van der Waals surface area contributed by atoms with Gasteiger partial charge in [0.1, 0.15) is 5.75 Å². The summed E-state index contributed by atoms with van der Waals surface area (Å²) in [6, 6.07) is 9.18. The largest absolute Gasteiger partial charge is 0.496 e. The van der Waals surface area contributed by atoms with E-state index in [2.05, 4.69) is 52.0 Å². The number of hydrogen-bond donors (Lipinski definition) is 0. The van der Waals surface area contributed by atoms with E-state index in [-0.39, 0.29) is 5.79 Å². The summed E-state index contributed by atoms with van der Waals surface area (Å²) in [6.45, 7) is 10.1. The predicted octanol–water partition coefficient (Wildman–Crippen LogP) is 5.82. The van der Waals surface area contributed by atoms with Gasteiger partial charge >= 0.3 is 0 Å². The number of aryl methyl sites for hydroxylation is 1. The van der Waals surface area contributed by atoms with Gasteiger partial charge in [-0.15, -0.1) is 0 Å². The third-order valence-electron chi connectivity index (χ3n) is 6.90. The number of nitrogens with zero attached hydrogens (tertiary/aromatic N) is 1. The van der Waals surface area contributed by atoms with Crippen molar-refractivity contribution in [2.75, 3.05) is 20.3 Å². The zero-order valence-electron chi connectivity index (χ0n) is 19.1. The molecule has 2 aromatic rings. The van der Waals surface area contributed by atoms with E-state index in [1.54, 1.807) is 7.11 Å². The summed E-state index contributed by atoms with van der Waals surface area (Å²) in [5.74, 6) is 1.67. The first-order chi connectivity index (χ1) is 14.4. The van der Waals surface area contributed by atoms with E-state index in [9.17, 15) is 0 Å². The predicted molar refractivity (Wildman–Crippen MR) is 119 cm³/mol. The highest BCUT2D eigenvalue weighted by atomic mass is 16.7. The van der Waals surface area contributed by atoms with Gasteiger partial charge in [-0.3, -0.25) is 4.98 Å². The van der Waals surface area contributed by atoms with Crippen LogP contribution < -0.4 is 4.74 Å². The lowest BCUT2D eigenvalue weighted by Gasteiger charge is -2.35. The normalized spacial score (nSPS) is 19.0. The Morgan fingerprint density at radius 3 is 2.27 bits per heavy atom. The fraction of sp³-hybridized carbons (Fsp3) is 0.577. The van der Waals surface area contributed by atoms with Crippen LogP contribution in [-0.4, -0.2) is 31.1 Å². The van der Waals surface area contributed by atoms with Gasteiger partial charge in [0.25, 0.3) is 0 Å². The second-order valence-corrected chi connectivity index (χ2v) is 9.17. The van der Waals surface area contributed by atoms with Gasteiger partial charge in [-0.1, -0.05) is 38.1 Å². The van der Waals surface area contributed by atoms with Crippen LogP contribution >= 0.6 is 0 Å². The molecular weight excluding hydrogens is 374 g/mol. The lowest BCUT2D eigenvalue weighted by molar-refractivity contribution is -0.178. The Morgan fingerprint density at radius 2 is 1.70 bits per heavy atom. The molecule has 0 N–H and O–H groups in total. The van der Waals surface area contributed by atoms with Gasteiger partial charge in [-0.05, 0) is 49.7 Å². The van der Waals surface area contributed by atoms with Crippen LogP contribution in [0.3, 0.4) is 0 Å². The average Bonchev–Trinajstić information content (AvgIpc) is 3.20. The molecule has 0 amide bonds. The maximum absolute atomic E-state index is 5.88. The Labute approximate surface area is 181 Å². The molecule has 0 bridgehead atoms. The highest BCUT2D eigenvalue weighted by Crippen LogP contribution is 2.42. The Kier molecular flexibility index (Phi) is 6.17. The summed E-state index contributed by atoms with van der Waals surface area (Å²) >= 11 is 0. The van der Waals surface area contributed by atoms with Crippen LogP contribution in [0, 0.1) is 13.8 Å². The molecule has 1 spiro atoms. The molecule has 2 aliphatic rings. The first-order valence-corrected chi connectivity index (χ1v) is 11.3. The molecule has 1 aliphatic carbocycles. The maximum atomic E-state index is 5.88. The second kappa shape index (κ2) is 8.68. The molecule has 4 heteroatoms. The second-order valence-electron chi connectivity index (χ2n) is 9.17. The van der Waals surface area contributed by atoms with E-state index < -0.39 is 0 Å². The Balaban J connectivity index is 1.51. The summed E-state index contributed by atoms with van der Waals surface area (Å²) in [7, 11) is 1.77. The number of ether oxygens (including phenoxy) is 3. The fourth-order valence-electron chi connectivity index (χ4n) is 5.05. The number of methoxy groups -OCH3 is 1. The first-order valence-electron chi connectivity index (χ1n) is 11.3. The molecule has 30 heavy (non-hydrogen) atoms. The van der Waals surface area contributed by atoms with Crippen LogP contribution in [0.1, 0.15) is 85.0 Å². The van der Waals surface area contributed by atoms with Gasteiger partial charge in [-0.25, -0.2) is 0 Å². The molecule has 2 fully saturated rings. The molecule has 162 valence electrons. The van der Waals surface area contributed by atoms with Crippen LogP contribution in [0.2, 0.25) is 0 Å². The molecule has 4 rings (SSSR count). The topological polar surface area (TPSA) is 40.6 Å². The summed E-state index contributed by atoms with van der Waals surface area (Å²) < 4.78 is 17.6. The third kappa shape index (κ3) is 4.13. The van der Waals surface area contributed by atoms with Crippen LogP contribution in [0.4, 0.5) is 0 Å². The molecular formula is C26H35NO3. The number of benzene rings is 1. The van der Waals surface area contributed by atoms with Crippen molar-refractivity contribution < 1.29 is 14.2 Å². The van der Waals surface area contributed by atoms with Crippen LogP contribution in [0.15, 0.2) is 24.3 Å². The Bertz CT molecular complexity index is 872. The molecule has 0 atom stereocenters. The van der Waals surface area contributed by atoms with Crippen molar-refractivity contribution in [1.82, 2.24) is 4.98 Å². The minimum absolute atomic E-state index is 0.281. The first kappa shape index (κ1) is 21.3. The van der Waals surface area contributed by atoms with Gasteiger partial charge in [0.15, 0.2) is 5.79 Å². The van der Waals surface area contributed by atoms with Crippen molar-refractivity contribution in [1.29, 1.82) is 0 Å². The quantitative estimate of drug-likeness (QED) is 0.624. The van der Waals surface area contributed by atoms with Crippen molar-refractivity contribution in [2.45, 2.75) is 77.4 Å². The molecule has 1 aromatic heterocycles. The van der Waals surface area contributed by atoms with Crippen molar-refractivity contribution in [3.63, 3.8) is 0 Å². The Hall–Kier alpha value is -1.91. The van der Waals surface area contributed by atoms with E-state index in [1.807, 2.05) is 0 Å². The van der Waals surface area contributed by atoms with E-state index in [0.29, 0.717) is 11.8 Å². The molecule has 0 unspecified atom stereocenters. The number of rotatable bonds is 5. The lowest BCUT2D eigenvalue weighted by atomic mass is 9.80. The summed E-state index contributed by atoms with van der Waals surface area (Å²) in [5.41, 5.74) is 7.30. The van der Waals surface area contributed by atoms with Crippen LogP contribution in [0.5, 0.6) is 5.75 Å². The van der Waals surface area contributed by atoms with E-state index in [1.165, 1.54) is 16.7 Å². The molecule has 1 saturated heterocycles. The highest BCUT2D eigenvalue weighted by Gasteiger charge is 2.40. The summed E-state index contributed by atoms with van der Waals surface area (Å²) in [6.07, 6.45) is 5.11. The molecule has 0 radical (unpaired) electrons. The van der Waals surface area contributed by atoms with E-state index in [4.69, 9.17) is 19.2 Å². The number of aromatic nitrogens is 1.